The van der Waals surface area contributed by atoms with E-state index in [-0.39, 0.29) is 11.7 Å². The van der Waals surface area contributed by atoms with Crippen molar-refractivity contribution in [3.8, 4) is 0 Å². The Hall–Kier alpha value is -1.93. The second-order valence-corrected chi connectivity index (χ2v) is 7.36. The maximum Gasteiger partial charge on any atom is 0.145 e. The number of nitrogens with zero attached hydrogens (tertiary/aromatic N) is 1. The van der Waals surface area contributed by atoms with E-state index in [4.69, 9.17) is 0 Å². The molecule has 1 atom stereocenters. The molecule has 0 aromatic heterocycles. The first-order chi connectivity index (χ1) is 12.2. The van der Waals surface area contributed by atoms with Gasteiger partial charge in [-0.25, -0.2) is 0 Å². The number of carbonyl (C=O) groups excluding carboxylic acids is 1. The zero-order valence-electron chi connectivity index (χ0n) is 15.4. The zero-order chi connectivity index (χ0) is 17.7. The molecule has 0 bridgehead atoms. The summed E-state index contributed by atoms with van der Waals surface area (Å²) in [6.07, 6.45) is 3.88. The quantitative estimate of drug-likeness (QED) is 0.764. The molecule has 132 valence electrons. The van der Waals surface area contributed by atoms with Crippen LogP contribution in [0.5, 0.6) is 0 Å². The summed E-state index contributed by atoms with van der Waals surface area (Å²) in [6, 6.07) is 20.7. The van der Waals surface area contributed by atoms with Crippen LogP contribution in [0.4, 0.5) is 0 Å². The fourth-order valence-corrected chi connectivity index (χ4v) is 4.56. The van der Waals surface area contributed by atoms with E-state index in [0.717, 1.165) is 30.8 Å². The van der Waals surface area contributed by atoms with Crippen molar-refractivity contribution in [3.05, 3.63) is 71.8 Å². The fourth-order valence-electron chi connectivity index (χ4n) is 4.56. The Balaban J connectivity index is 2.05. The highest BCUT2D eigenvalue weighted by atomic mass is 16.1. The summed E-state index contributed by atoms with van der Waals surface area (Å²) in [6.45, 7) is 7.27. The van der Waals surface area contributed by atoms with Crippen molar-refractivity contribution in [3.63, 3.8) is 0 Å². The first kappa shape index (κ1) is 17.9. The van der Waals surface area contributed by atoms with E-state index in [1.165, 1.54) is 19.3 Å². The van der Waals surface area contributed by atoms with E-state index in [1.807, 2.05) is 36.4 Å². The highest BCUT2D eigenvalue weighted by Crippen LogP contribution is 2.41. The largest absolute Gasteiger partial charge is 0.303 e. The summed E-state index contributed by atoms with van der Waals surface area (Å²) in [7, 11) is 0. The Morgan fingerprint density at radius 3 is 1.84 bits per heavy atom. The molecule has 0 spiro atoms. The van der Waals surface area contributed by atoms with Gasteiger partial charge in [-0.3, -0.25) is 4.79 Å². The first-order valence-corrected chi connectivity index (χ1v) is 9.50. The standard InChI is InChI=1S/C23H29NO/c1-19(18-24-16-10-5-11-17-24)23(20(2)25,21-12-6-3-7-13-21)22-14-8-4-9-15-22/h3-4,6-9,12-15,19H,5,10-11,16-18H2,1-2H3. The van der Waals surface area contributed by atoms with Crippen LogP contribution in [0.1, 0.15) is 44.2 Å². The molecule has 2 aromatic carbocycles. The van der Waals surface area contributed by atoms with Crippen molar-refractivity contribution in [1.29, 1.82) is 0 Å². The molecule has 0 amide bonds. The van der Waals surface area contributed by atoms with Crippen LogP contribution >= 0.6 is 0 Å². The molecule has 3 rings (SSSR count). The van der Waals surface area contributed by atoms with Crippen LogP contribution in [0.3, 0.4) is 0 Å². The third-order valence-electron chi connectivity index (χ3n) is 5.73. The maximum atomic E-state index is 13.1. The lowest BCUT2D eigenvalue weighted by atomic mass is 9.63. The number of piperidine rings is 1. The van der Waals surface area contributed by atoms with Gasteiger partial charge in [-0.2, -0.15) is 0 Å². The Morgan fingerprint density at radius 2 is 1.40 bits per heavy atom. The van der Waals surface area contributed by atoms with Crippen LogP contribution in [0, 0.1) is 5.92 Å². The second kappa shape index (κ2) is 7.97. The van der Waals surface area contributed by atoms with Crippen molar-refractivity contribution in [2.24, 2.45) is 5.92 Å². The summed E-state index contributed by atoms with van der Waals surface area (Å²) >= 11 is 0. The predicted molar refractivity (Wildman–Crippen MR) is 104 cm³/mol. The van der Waals surface area contributed by atoms with Gasteiger partial charge < -0.3 is 4.90 Å². The molecular formula is C23H29NO. The normalized spacial score (nSPS) is 17.2. The van der Waals surface area contributed by atoms with E-state index >= 15 is 0 Å². The summed E-state index contributed by atoms with van der Waals surface area (Å²) < 4.78 is 0. The van der Waals surface area contributed by atoms with E-state index in [0.29, 0.717) is 0 Å². The molecule has 1 fully saturated rings. The van der Waals surface area contributed by atoms with Crippen molar-refractivity contribution in [2.45, 2.75) is 38.5 Å². The van der Waals surface area contributed by atoms with Crippen LogP contribution in [-0.2, 0) is 10.2 Å². The maximum absolute atomic E-state index is 13.1. The molecule has 2 nitrogen and oxygen atoms in total. The molecule has 2 aromatic rings. The van der Waals surface area contributed by atoms with E-state index < -0.39 is 5.41 Å². The number of likely N-dealkylation sites (tertiary alicyclic amines) is 1. The van der Waals surface area contributed by atoms with Crippen LogP contribution in [0.25, 0.3) is 0 Å². The molecule has 0 N–H and O–H groups in total. The molecule has 25 heavy (non-hydrogen) atoms. The molecule has 0 aliphatic carbocycles. The minimum absolute atomic E-state index is 0.216. The van der Waals surface area contributed by atoms with Crippen LogP contribution < -0.4 is 0 Å². The molecule has 1 heterocycles. The molecule has 1 saturated heterocycles. The van der Waals surface area contributed by atoms with Crippen molar-refractivity contribution in [1.82, 2.24) is 4.90 Å². The summed E-state index contributed by atoms with van der Waals surface area (Å²) in [5.74, 6) is 0.447. The van der Waals surface area contributed by atoms with Gasteiger partial charge in [-0.15, -0.1) is 0 Å². The summed E-state index contributed by atoms with van der Waals surface area (Å²) in [5, 5.41) is 0. The molecule has 1 aliphatic heterocycles. The van der Waals surface area contributed by atoms with Crippen LogP contribution in [0.15, 0.2) is 60.7 Å². The monoisotopic (exact) mass is 335 g/mol. The van der Waals surface area contributed by atoms with Crippen molar-refractivity contribution >= 4 is 5.78 Å². The highest BCUT2D eigenvalue weighted by Gasteiger charge is 2.44. The third kappa shape index (κ3) is 3.55. The number of carbonyl (C=O) groups is 1. The molecule has 1 unspecified atom stereocenters. The lowest BCUT2D eigenvalue weighted by molar-refractivity contribution is -0.122. The van der Waals surface area contributed by atoms with Gasteiger partial charge in [0.15, 0.2) is 0 Å². The van der Waals surface area contributed by atoms with Crippen molar-refractivity contribution in [2.75, 3.05) is 19.6 Å². The lowest BCUT2D eigenvalue weighted by Crippen LogP contribution is -2.47. The average Bonchev–Trinajstić information content (AvgIpc) is 2.65. The van der Waals surface area contributed by atoms with E-state index in [1.54, 1.807) is 6.92 Å². The number of benzene rings is 2. The number of ketones is 1. The fraction of sp³-hybridized carbons (Fsp3) is 0.435. The minimum atomic E-state index is -0.583. The lowest BCUT2D eigenvalue weighted by Gasteiger charge is -2.41. The number of hydrogen-bond donors (Lipinski definition) is 0. The summed E-state index contributed by atoms with van der Waals surface area (Å²) in [5.41, 5.74) is 1.64. The highest BCUT2D eigenvalue weighted by molar-refractivity contribution is 5.92. The van der Waals surface area contributed by atoms with Gasteiger partial charge in [0.25, 0.3) is 0 Å². The topological polar surface area (TPSA) is 20.3 Å². The molecule has 0 saturated carbocycles. The second-order valence-electron chi connectivity index (χ2n) is 7.36. The summed E-state index contributed by atoms with van der Waals surface area (Å²) in [4.78, 5) is 15.7. The third-order valence-corrected chi connectivity index (χ3v) is 5.73. The SMILES string of the molecule is CC(=O)C(c1ccccc1)(c1ccccc1)C(C)CN1CCCCC1. The predicted octanol–water partition coefficient (Wildman–Crippen LogP) is 4.68. The van der Waals surface area contributed by atoms with Gasteiger partial charge in [-0.05, 0) is 49.9 Å². The van der Waals surface area contributed by atoms with Gasteiger partial charge in [-0.1, -0.05) is 74.0 Å². The van der Waals surface area contributed by atoms with Gasteiger partial charge in [0.2, 0.25) is 0 Å². The van der Waals surface area contributed by atoms with Gasteiger partial charge in [0.1, 0.15) is 5.78 Å². The number of Topliss-reactive ketones (excluding diaryl/α,β-unsaturated/α-hetero) is 1. The van der Waals surface area contributed by atoms with Crippen molar-refractivity contribution < 1.29 is 4.79 Å². The smallest absolute Gasteiger partial charge is 0.145 e. The minimum Gasteiger partial charge on any atom is -0.303 e. The van der Waals surface area contributed by atoms with Gasteiger partial charge >= 0.3 is 0 Å². The Morgan fingerprint density at radius 1 is 0.920 bits per heavy atom. The first-order valence-electron chi connectivity index (χ1n) is 9.50. The Bertz CT molecular complexity index is 634. The van der Waals surface area contributed by atoms with E-state index in [2.05, 4.69) is 36.1 Å². The van der Waals surface area contributed by atoms with Crippen LogP contribution in [-0.4, -0.2) is 30.3 Å². The molecule has 0 radical (unpaired) electrons. The number of rotatable bonds is 6. The molecule has 1 aliphatic rings. The molecule has 2 heteroatoms. The van der Waals surface area contributed by atoms with E-state index in [9.17, 15) is 4.79 Å². The van der Waals surface area contributed by atoms with Gasteiger partial charge in [0.05, 0.1) is 5.41 Å². The van der Waals surface area contributed by atoms with Gasteiger partial charge in [0, 0.05) is 6.54 Å². The average molecular weight is 335 g/mol. The zero-order valence-corrected chi connectivity index (χ0v) is 15.4. The van der Waals surface area contributed by atoms with Crippen LogP contribution in [0.2, 0.25) is 0 Å². The Kier molecular flexibility index (Phi) is 5.70. The molecular weight excluding hydrogens is 306 g/mol. The number of hydrogen-bond acceptors (Lipinski definition) is 2. The Labute approximate surface area is 151 Å².